The average Bonchev–Trinajstić information content (AvgIpc) is 3.47. The molecule has 1 aromatic heterocycles. The van der Waals surface area contributed by atoms with E-state index in [9.17, 15) is 5.11 Å². The van der Waals surface area contributed by atoms with Crippen LogP contribution in [0.25, 0.3) is 32.8 Å². The molecule has 7 rings (SSSR count). The van der Waals surface area contributed by atoms with Crippen molar-refractivity contribution in [1.82, 2.24) is 20.2 Å². The van der Waals surface area contributed by atoms with Crippen molar-refractivity contribution in [3.05, 3.63) is 53.3 Å². The van der Waals surface area contributed by atoms with Crippen molar-refractivity contribution in [3.63, 3.8) is 0 Å². The van der Waals surface area contributed by atoms with Gasteiger partial charge in [0, 0.05) is 55.3 Å². The van der Waals surface area contributed by atoms with Crippen molar-refractivity contribution in [2.24, 2.45) is 0 Å². The van der Waals surface area contributed by atoms with E-state index in [0.29, 0.717) is 35.0 Å². The second-order valence-electron chi connectivity index (χ2n) is 10.7. The Hall–Kier alpha value is -3.20. The van der Waals surface area contributed by atoms with Gasteiger partial charge in [-0.3, -0.25) is 0 Å². The maximum absolute atomic E-state index is 16.6. The lowest BCUT2D eigenvalue weighted by Gasteiger charge is -2.43. The van der Waals surface area contributed by atoms with Crippen LogP contribution in [0.1, 0.15) is 6.42 Å². The number of halogens is 2. The number of aromatic hydroxyl groups is 1. The molecule has 0 unspecified atom stereocenters. The Morgan fingerprint density at radius 2 is 1.89 bits per heavy atom. The van der Waals surface area contributed by atoms with Gasteiger partial charge in [-0.15, -0.1) is 0 Å². The summed E-state index contributed by atoms with van der Waals surface area (Å²) in [4.78, 5) is 16.4. The van der Waals surface area contributed by atoms with E-state index in [4.69, 9.17) is 21.6 Å². The summed E-state index contributed by atoms with van der Waals surface area (Å²) >= 11 is 6.82. The summed E-state index contributed by atoms with van der Waals surface area (Å²) in [6.45, 7) is 3.31. The van der Waals surface area contributed by atoms with Crippen molar-refractivity contribution in [2.75, 3.05) is 50.1 Å². The molecule has 0 aliphatic carbocycles. The fourth-order valence-electron chi connectivity index (χ4n) is 6.04. The van der Waals surface area contributed by atoms with Crippen LogP contribution in [0.15, 0.2) is 42.5 Å². The average molecular weight is 519 g/mol. The minimum atomic E-state index is -0.490. The summed E-state index contributed by atoms with van der Waals surface area (Å²) in [5.41, 5.74) is 1.05. The number of phenols is 1. The van der Waals surface area contributed by atoms with Crippen LogP contribution in [0.3, 0.4) is 0 Å². The predicted octanol–water partition coefficient (Wildman–Crippen LogP) is 4.25. The summed E-state index contributed by atoms with van der Waals surface area (Å²) in [5.74, 6) is 0.860. The van der Waals surface area contributed by atoms with E-state index in [1.165, 1.54) is 0 Å². The summed E-state index contributed by atoms with van der Waals surface area (Å²) in [6, 6.07) is 13.8. The molecule has 3 aromatic carbocycles. The first-order valence-corrected chi connectivity index (χ1v) is 13.1. The molecule has 0 spiro atoms. The lowest BCUT2D eigenvalue weighted by Crippen LogP contribution is -2.58. The minimum Gasteiger partial charge on any atom is -0.508 e. The summed E-state index contributed by atoms with van der Waals surface area (Å²) < 4.78 is 16.6. The van der Waals surface area contributed by atoms with Gasteiger partial charge >= 0.3 is 0 Å². The molecular formula is C28H28ClFN6O. The first-order valence-electron chi connectivity index (χ1n) is 12.7. The number of nitrogens with one attached hydrogen (secondary N) is 1. The van der Waals surface area contributed by atoms with E-state index in [2.05, 4.69) is 34.1 Å². The molecule has 4 heterocycles. The number of nitrogens with zero attached hydrogens (tertiary/aromatic N) is 5. The van der Waals surface area contributed by atoms with Crippen LogP contribution in [-0.4, -0.2) is 78.4 Å². The number of anilines is 2. The second-order valence-corrected chi connectivity index (χ2v) is 11.1. The van der Waals surface area contributed by atoms with Crippen molar-refractivity contribution in [1.29, 1.82) is 0 Å². The third kappa shape index (κ3) is 3.61. The Kier molecular flexibility index (Phi) is 5.22. The van der Waals surface area contributed by atoms with Crippen molar-refractivity contribution in [3.8, 4) is 16.9 Å². The fraction of sp³-hybridized carbons (Fsp3) is 0.357. The zero-order chi connectivity index (χ0) is 25.4. The van der Waals surface area contributed by atoms with E-state index in [-0.39, 0.29) is 21.9 Å². The molecule has 9 heteroatoms. The molecule has 0 radical (unpaired) electrons. The topological polar surface area (TPSA) is 67.8 Å². The third-order valence-electron chi connectivity index (χ3n) is 8.17. The molecule has 0 saturated carbocycles. The summed E-state index contributed by atoms with van der Waals surface area (Å²) in [5, 5.41) is 16.5. The van der Waals surface area contributed by atoms with Crippen molar-refractivity contribution >= 4 is 45.0 Å². The molecule has 3 aliphatic rings. The third-order valence-corrected chi connectivity index (χ3v) is 8.47. The van der Waals surface area contributed by atoms with Gasteiger partial charge in [-0.1, -0.05) is 35.9 Å². The Morgan fingerprint density at radius 3 is 2.62 bits per heavy atom. The first kappa shape index (κ1) is 23.0. The number of hydrogen-bond acceptors (Lipinski definition) is 7. The Balaban J connectivity index is 1.44. The molecule has 0 amide bonds. The number of likely N-dealkylation sites (N-methyl/N-ethyl adjacent to an activating group) is 1. The van der Waals surface area contributed by atoms with E-state index in [0.717, 1.165) is 49.2 Å². The predicted molar refractivity (Wildman–Crippen MR) is 146 cm³/mol. The summed E-state index contributed by atoms with van der Waals surface area (Å²) in [7, 11) is 4.13. The van der Waals surface area contributed by atoms with Crippen LogP contribution in [-0.2, 0) is 0 Å². The largest absolute Gasteiger partial charge is 0.508 e. The van der Waals surface area contributed by atoms with Crippen LogP contribution >= 0.6 is 11.6 Å². The van der Waals surface area contributed by atoms with Gasteiger partial charge < -0.3 is 25.1 Å². The first-order chi connectivity index (χ1) is 17.9. The number of phenolic OH excluding ortho intramolecular Hbond substituents is 1. The lowest BCUT2D eigenvalue weighted by atomic mass is 9.96. The normalized spacial score (nSPS) is 21.5. The SMILES string of the molecule is CN(C)C1CN(c2nc(N3C[C@@H]4C[C@H]3CN4)c3cc(Cl)c(-c4cc(O)cc5ccccc45)c(F)c3n2)C1. The van der Waals surface area contributed by atoms with E-state index >= 15 is 4.39 Å². The van der Waals surface area contributed by atoms with Gasteiger partial charge in [0.05, 0.1) is 5.02 Å². The molecule has 2 N–H and O–H groups in total. The molecule has 2 bridgehead atoms. The zero-order valence-corrected chi connectivity index (χ0v) is 21.5. The van der Waals surface area contributed by atoms with Crippen molar-refractivity contribution in [2.45, 2.75) is 24.5 Å². The van der Waals surface area contributed by atoms with E-state index in [1.807, 2.05) is 24.3 Å². The maximum atomic E-state index is 16.6. The van der Waals surface area contributed by atoms with Crippen LogP contribution < -0.4 is 15.1 Å². The van der Waals surface area contributed by atoms with Crippen LogP contribution in [0.4, 0.5) is 16.2 Å². The summed E-state index contributed by atoms with van der Waals surface area (Å²) in [6.07, 6.45) is 1.05. The second kappa shape index (κ2) is 8.41. The molecule has 37 heavy (non-hydrogen) atoms. The standard InChI is InChI=1S/C28H28ClFN6O/c1-34(2)18-13-35(14-18)28-32-26-22(27(33-28)36-12-16-8-17(36)11-31-16)10-23(29)24(25(26)30)21-9-19(37)7-15-5-3-4-6-20(15)21/h3-7,9-10,16-18,31,37H,8,11-14H2,1-2H3/t16-,17-/m0/s1. The molecular weight excluding hydrogens is 491 g/mol. The van der Waals surface area contributed by atoms with Crippen LogP contribution in [0.2, 0.25) is 5.02 Å². The Morgan fingerprint density at radius 1 is 1.08 bits per heavy atom. The Bertz CT molecular complexity index is 1560. The smallest absolute Gasteiger partial charge is 0.228 e. The van der Waals surface area contributed by atoms with Gasteiger partial charge in [0.2, 0.25) is 5.95 Å². The van der Waals surface area contributed by atoms with Gasteiger partial charge in [0.1, 0.15) is 17.1 Å². The van der Waals surface area contributed by atoms with E-state index < -0.39 is 5.82 Å². The zero-order valence-electron chi connectivity index (χ0n) is 20.7. The number of benzene rings is 3. The van der Waals surface area contributed by atoms with Gasteiger partial charge in [-0.2, -0.15) is 4.98 Å². The molecule has 190 valence electrons. The molecule has 3 fully saturated rings. The van der Waals surface area contributed by atoms with Crippen LogP contribution in [0.5, 0.6) is 5.75 Å². The van der Waals surface area contributed by atoms with E-state index in [1.54, 1.807) is 18.2 Å². The number of fused-ring (bicyclic) bond motifs is 4. The fourth-order valence-corrected chi connectivity index (χ4v) is 6.34. The molecule has 4 aromatic rings. The van der Waals surface area contributed by atoms with Crippen molar-refractivity contribution < 1.29 is 9.50 Å². The number of aromatic nitrogens is 2. The van der Waals surface area contributed by atoms with Gasteiger partial charge in [-0.25, -0.2) is 9.37 Å². The van der Waals surface area contributed by atoms with Gasteiger partial charge in [0.25, 0.3) is 0 Å². The highest BCUT2D eigenvalue weighted by atomic mass is 35.5. The lowest BCUT2D eigenvalue weighted by molar-refractivity contribution is 0.245. The number of rotatable bonds is 4. The number of piperazine rings is 1. The highest BCUT2D eigenvalue weighted by Crippen LogP contribution is 2.43. The highest BCUT2D eigenvalue weighted by molar-refractivity contribution is 6.35. The molecule has 3 saturated heterocycles. The minimum absolute atomic E-state index is 0.0595. The van der Waals surface area contributed by atoms with Gasteiger partial charge in [0.15, 0.2) is 5.82 Å². The monoisotopic (exact) mass is 518 g/mol. The molecule has 7 nitrogen and oxygen atoms in total. The highest BCUT2D eigenvalue weighted by Gasteiger charge is 2.40. The molecule has 2 atom stereocenters. The van der Waals surface area contributed by atoms with Gasteiger partial charge in [-0.05, 0) is 55.1 Å². The number of hydrogen-bond donors (Lipinski definition) is 2. The maximum Gasteiger partial charge on any atom is 0.228 e. The molecule has 3 aliphatic heterocycles. The quantitative estimate of drug-likeness (QED) is 0.418. The van der Waals surface area contributed by atoms with Crippen LogP contribution in [0, 0.1) is 5.82 Å². The Labute approximate surface area is 219 Å².